The molecule has 4 aromatic rings. The SMILES string of the molecule is Clc1ccc(-c2ncncc2-c2ccc3ccccc3n2)cc1. The van der Waals surface area contributed by atoms with Gasteiger partial charge in [-0.1, -0.05) is 48.0 Å². The molecular weight excluding hydrogens is 306 g/mol. The second-order valence-electron chi connectivity index (χ2n) is 5.18. The van der Waals surface area contributed by atoms with Crippen molar-refractivity contribution in [3.63, 3.8) is 0 Å². The molecule has 0 saturated heterocycles. The zero-order valence-corrected chi connectivity index (χ0v) is 12.9. The molecule has 0 saturated carbocycles. The van der Waals surface area contributed by atoms with Crippen molar-refractivity contribution in [3.8, 4) is 22.5 Å². The van der Waals surface area contributed by atoms with Crippen LogP contribution in [0.25, 0.3) is 33.4 Å². The van der Waals surface area contributed by atoms with Crippen molar-refractivity contribution in [3.05, 3.63) is 78.2 Å². The predicted octanol–water partition coefficient (Wildman–Crippen LogP) is 5.01. The van der Waals surface area contributed by atoms with Crippen LogP contribution >= 0.6 is 11.6 Å². The van der Waals surface area contributed by atoms with E-state index in [0.717, 1.165) is 33.4 Å². The maximum absolute atomic E-state index is 5.98. The van der Waals surface area contributed by atoms with Crippen molar-refractivity contribution in [1.29, 1.82) is 0 Å². The summed E-state index contributed by atoms with van der Waals surface area (Å²) in [5.41, 5.74) is 4.55. The highest BCUT2D eigenvalue weighted by molar-refractivity contribution is 6.30. The number of rotatable bonds is 2. The van der Waals surface area contributed by atoms with Gasteiger partial charge in [-0.3, -0.25) is 0 Å². The minimum Gasteiger partial charge on any atom is -0.248 e. The Morgan fingerprint density at radius 3 is 2.52 bits per heavy atom. The number of para-hydroxylation sites is 1. The summed E-state index contributed by atoms with van der Waals surface area (Å²) in [6.07, 6.45) is 3.35. The highest BCUT2D eigenvalue weighted by atomic mass is 35.5. The summed E-state index contributed by atoms with van der Waals surface area (Å²) >= 11 is 5.98. The topological polar surface area (TPSA) is 38.7 Å². The van der Waals surface area contributed by atoms with E-state index in [9.17, 15) is 0 Å². The zero-order chi connectivity index (χ0) is 15.6. The minimum atomic E-state index is 0.702. The molecule has 3 nitrogen and oxygen atoms in total. The molecule has 0 aliphatic heterocycles. The maximum atomic E-state index is 5.98. The van der Waals surface area contributed by atoms with E-state index in [2.05, 4.69) is 16.0 Å². The second-order valence-corrected chi connectivity index (χ2v) is 5.62. The molecule has 0 spiro atoms. The molecule has 0 bridgehead atoms. The largest absolute Gasteiger partial charge is 0.248 e. The first-order valence-corrected chi connectivity index (χ1v) is 7.61. The predicted molar refractivity (Wildman–Crippen MR) is 93.2 cm³/mol. The van der Waals surface area contributed by atoms with Crippen LogP contribution in [0.2, 0.25) is 5.02 Å². The summed E-state index contributed by atoms with van der Waals surface area (Å²) in [4.78, 5) is 13.4. The number of hydrogen-bond acceptors (Lipinski definition) is 3. The van der Waals surface area contributed by atoms with Gasteiger partial charge in [0.25, 0.3) is 0 Å². The number of nitrogens with zero attached hydrogens (tertiary/aromatic N) is 3. The van der Waals surface area contributed by atoms with E-state index in [-0.39, 0.29) is 0 Å². The van der Waals surface area contributed by atoms with Gasteiger partial charge in [-0.2, -0.15) is 0 Å². The van der Waals surface area contributed by atoms with Gasteiger partial charge in [0.15, 0.2) is 0 Å². The lowest BCUT2D eigenvalue weighted by molar-refractivity contribution is 1.17. The molecule has 0 radical (unpaired) electrons. The molecular formula is C19H12ClN3. The summed E-state index contributed by atoms with van der Waals surface area (Å²) in [5, 5.41) is 1.81. The van der Waals surface area contributed by atoms with Crippen LogP contribution in [0.5, 0.6) is 0 Å². The van der Waals surface area contributed by atoms with Crippen molar-refractivity contribution >= 4 is 22.5 Å². The molecule has 0 aliphatic rings. The number of fused-ring (bicyclic) bond motifs is 1. The average molecular weight is 318 g/mol. The van der Waals surface area contributed by atoms with Gasteiger partial charge in [0, 0.05) is 27.7 Å². The molecule has 2 heterocycles. The van der Waals surface area contributed by atoms with E-state index in [1.807, 2.05) is 54.6 Å². The Bertz CT molecular complexity index is 981. The lowest BCUT2D eigenvalue weighted by atomic mass is 10.0. The van der Waals surface area contributed by atoms with Crippen LogP contribution in [0.4, 0.5) is 0 Å². The van der Waals surface area contributed by atoms with Crippen molar-refractivity contribution in [1.82, 2.24) is 15.0 Å². The lowest BCUT2D eigenvalue weighted by Gasteiger charge is -2.08. The van der Waals surface area contributed by atoms with E-state index in [1.54, 1.807) is 12.5 Å². The molecule has 0 N–H and O–H groups in total. The molecule has 2 aromatic heterocycles. The van der Waals surface area contributed by atoms with Gasteiger partial charge in [-0.05, 0) is 24.3 Å². The fourth-order valence-electron chi connectivity index (χ4n) is 2.57. The number of pyridine rings is 1. The normalized spacial score (nSPS) is 10.8. The van der Waals surface area contributed by atoms with Crippen LogP contribution in [0.3, 0.4) is 0 Å². The zero-order valence-electron chi connectivity index (χ0n) is 12.1. The monoisotopic (exact) mass is 317 g/mol. The quantitative estimate of drug-likeness (QED) is 0.521. The molecule has 23 heavy (non-hydrogen) atoms. The van der Waals surface area contributed by atoms with Gasteiger partial charge in [0.2, 0.25) is 0 Å². The fourth-order valence-corrected chi connectivity index (χ4v) is 2.70. The first kappa shape index (κ1) is 13.9. The second kappa shape index (κ2) is 5.78. The number of halogens is 1. The number of aromatic nitrogens is 3. The summed E-state index contributed by atoms with van der Waals surface area (Å²) in [6.45, 7) is 0. The van der Waals surface area contributed by atoms with E-state index in [1.165, 1.54) is 0 Å². The Labute approximate surface area is 138 Å². The summed E-state index contributed by atoms with van der Waals surface area (Å²) < 4.78 is 0. The van der Waals surface area contributed by atoms with Gasteiger partial charge >= 0.3 is 0 Å². The molecule has 110 valence electrons. The van der Waals surface area contributed by atoms with Crippen LogP contribution in [0.1, 0.15) is 0 Å². The Morgan fingerprint density at radius 2 is 1.65 bits per heavy atom. The highest BCUT2D eigenvalue weighted by Crippen LogP contribution is 2.30. The van der Waals surface area contributed by atoms with Crippen LogP contribution in [0.15, 0.2) is 73.2 Å². The van der Waals surface area contributed by atoms with Crippen molar-refractivity contribution in [2.24, 2.45) is 0 Å². The molecule has 0 unspecified atom stereocenters. The fraction of sp³-hybridized carbons (Fsp3) is 0. The summed E-state index contributed by atoms with van der Waals surface area (Å²) in [5.74, 6) is 0. The Morgan fingerprint density at radius 1 is 0.826 bits per heavy atom. The lowest BCUT2D eigenvalue weighted by Crippen LogP contribution is -1.93. The molecule has 0 amide bonds. The Kier molecular flexibility index (Phi) is 3.48. The van der Waals surface area contributed by atoms with Gasteiger partial charge in [-0.15, -0.1) is 0 Å². The van der Waals surface area contributed by atoms with Gasteiger partial charge in [0.1, 0.15) is 6.33 Å². The summed E-state index contributed by atoms with van der Waals surface area (Å²) in [6, 6.07) is 19.7. The average Bonchev–Trinajstić information content (AvgIpc) is 2.62. The highest BCUT2D eigenvalue weighted by Gasteiger charge is 2.11. The standard InChI is InChI=1S/C19H12ClN3/c20-15-8-5-14(6-9-15)19-16(11-21-12-22-19)18-10-7-13-3-1-2-4-17(13)23-18/h1-12H. The molecule has 4 heteroatoms. The molecule has 2 aromatic carbocycles. The third-order valence-corrected chi connectivity index (χ3v) is 3.96. The van der Waals surface area contributed by atoms with Gasteiger partial charge in [0.05, 0.1) is 16.9 Å². The Hall–Kier alpha value is -2.78. The van der Waals surface area contributed by atoms with E-state index in [4.69, 9.17) is 16.6 Å². The Balaban J connectivity index is 1.89. The third-order valence-electron chi connectivity index (χ3n) is 3.70. The van der Waals surface area contributed by atoms with Crippen LogP contribution in [-0.2, 0) is 0 Å². The van der Waals surface area contributed by atoms with E-state index in [0.29, 0.717) is 5.02 Å². The van der Waals surface area contributed by atoms with Crippen molar-refractivity contribution in [2.45, 2.75) is 0 Å². The first-order chi connectivity index (χ1) is 11.3. The van der Waals surface area contributed by atoms with E-state index < -0.39 is 0 Å². The first-order valence-electron chi connectivity index (χ1n) is 7.23. The molecule has 0 atom stereocenters. The van der Waals surface area contributed by atoms with Crippen LogP contribution < -0.4 is 0 Å². The third kappa shape index (κ3) is 2.67. The van der Waals surface area contributed by atoms with Crippen molar-refractivity contribution in [2.75, 3.05) is 0 Å². The maximum Gasteiger partial charge on any atom is 0.116 e. The van der Waals surface area contributed by atoms with Crippen molar-refractivity contribution < 1.29 is 0 Å². The van der Waals surface area contributed by atoms with E-state index >= 15 is 0 Å². The van der Waals surface area contributed by atoms with Gasteiger partial charge < -0.3 is 0 Å². The summed E-state index contributed by atoms with van der Waals surface area (Å²) in [7, 11) is 0. The number of benzene rings is 2. The molecule has 0 aliphatic carbocycles. The minimum absolute atomic E-state index is 0.702. The smallest absolute Gasteiger partial charge is 0.116 e. The van der Waals surface area contributed by atoms with Crippen LogP contribution in [-0.4, -0.2) is 15.0 Å². The van der Waals surface area contributed by atoms with Gasteiger partial charge in [-0.25, -0.2) is 15.0 Å². The molecule has 0 fully saturated rings. The molecule has 4 rings (SSSR count). The van der Waals surface area contributed by atoms with Crippen LogP contribution in [0, 0.1) is 0 Å². The number of hydrogen-bond donors (Lipinski definition) is 0.